The SMILES string of the molecule is CC(COCC(F)(F)F)NC(=O)c1ccccc1Sc1ccccc1C#N. The molecule has 1 atom stereocenters. The lowest BCUT2D eigenvalue weighted by atomic mass is 10.2. The molecule has 0 radical (unpaired) electrons. The van der Waals surface area contributed by atoms with Gasteiger partial charge in [0.25, 0.3) is 5.91 Å². The van der Waals surface area contributed by atoms with Crippen LogP contribution in [-0.4, -0.2) is 31.3 Å². The number of nitriles is 1. The van der Waals surface area contributed by atoms with E-state index in [1.807, 2.05) is 0 Å². The Bertz CT molecular complexity index is 834. The standard InChI is InChI=1S/C19H17F3N2O2S/c1-13(11-26-12-19(20,21)22)24-18(25)15-7-3-5-9-17(15)27-16-8-4-2-6-14(16)10-23/h2-9,13H,11-12H2,1H3,(H,24,25). The largest absolute Gasteiger partial charge is 0.411 e. The number of nitrogens with zero attached hydrogens (tertiary/aromatic N) is 1. The highest BCUT2D eigenvalue weighted by molar-refractivity contribution is 7.99. The van der Waals surface area contributed by atoms with Crippen LogP contribution in [0.15, 0.2) is 58.3 Å². The molecule has 0 saturated carbocycles. The van der Waals surface area contributed by atoms with Crippen molar-refractivity contribution in [2.75, 3.05) is 13.2 Å². The van der Waals surface area contributed by atoms with Crippen molar-refractivity contribution < 1.29 is 22.7 Å². The summed E-state index contributed by atoms with van der Waals surface area (Å²) in [6, 6.07) is 15.4. The van der Waals surface area contributed by atoms with Crippen molar-refractivity contribution in [3.05, 3.63) is 59.7 Å². The first kappa shape index (κ1) is 20.8. The van der Waals surface area contributed by atoms with E-state index in [1.54, 1.807) is 55.5 Å². The number of benzene rings is 2. The molecule has 2 rings (SSSR count). The van der Waals surface area contributed by atoms with Gasteiger partial charge in [0.15, 0.2) is 0 Å². The topological polar surface area (TPSA) is 62.1 Å². The highest BCUT2D eigenvalue weighted by Gasteiger charge is 2.27. The predicted octanol–water partition coefficient (Wildman–Crippen LogP) is 4.41. The van der Waals surface area contributed by atoms with Crippen molar-refractivity contribution >= 4 is 17.7 Å². The Balaban J connectivity index is 2.06. The molecule has 0 fully saturated rings. The number of hydrogen-bond donors (Lipinski definition) is 1. The Kier molecular flexibility index (Phi) is 7.28. The summed E-state index contributed by atoms with van der Waals surface area (Å²) in [5.41, 5.74) is 0.865. The van der Waals surface area contributed by atoms with Gasteiger partial charge in [-0.25, -0.2) is 0 Å². The summed E-state index contributed by atoms with van der Waals surface area (Å²) >= 11 is 1.28. The fourth-order valence-corrected chi connectivity index (χ4v) is 3.23. The normalized spacial score (nSPS) is 12.3. The molecule has 2 aromatic rings. The number of carbonyl (C=O) groups is 1. The van der Waals surface area contributed by atoms with Crippen molar-refractivity contribution in [3.8, 4) is 6.07 Å². The fraction of sp³-hybridized carbons (Fsp3) is 0.263. The maximum absolute atomic E-state index is 12.5. The summed E-state index contributed by atoms with van der Waals surface area (Å²) in [6.45, 7) is -0.0442. The van der Waals surface area contributed by atoms with Crippen LogP contribution in [-0.2, 0) is 4.74 Å². The number of rotatable bonds is 7. The van der Waals surface area contributed by atoms with Crippen LogP contribution in [0.5, 0.6) is 0 Å². The van der Waals surface area contributed by atoms with Crippen LogP contribution in [0.1, 0.15) is 22.8 Å². The molecular formula is C19H17F3N2O2S. The van der Waals surface area contributed by atoms with Gasteiger partial charge in [-0.05, 0) is 31.2 Å². The number of hydrogen-bond acceptors (Lipinski definition) is 4. The minimum absolute atomic E-state index is 0.252. The van der Waals surface area contributed by atoms with Gasteiger partial charge in [-0.2, -0.15) is 18.4 Å². The van der Waals surface area contributed by atoms with Crippen LogP contribution in [0.4, 0.5) is 13.2 Å². The minimum Gasteiger partial charge on any atom is -0.370 e. The molecule has 1 unspecified atom stereocenters. The molecule has 8 heteroatoms. The smallest absolute Gasteiger partial charge is 0.370 e. The lowest BCUT2D eigenvalue weighted by Crippen LogP contribution is -2.37. The molecule has 0 aliphatic rings. The third-order valence-electron chi connectivity index (χ3n) is 3.37. The van der Waals surface area contributed by atoms with Gasteiger partial charge in [-0.15, -0.1) is 0 Å². The molecule has 0 aliphatic heterocycles. The van der Waals surface area contributed by atoms with Gasteiger partial charge in [0, 0.05) is 15.8 Å². The summed E-state index contributed by atoms with van der Waals surface area (Å²) in [6.07, 6.45) is -4.40. The van der Waals surface area contributed by atoms with E-state index >= 15 is 0 Å². The zero-order chi connectivity index (χ0) is 19.9. The molecule has 0 bridgehead atoms. The maximum atomic E-state index is 12.5. The fourth-order valence-electron chi connectivity index (χ4n) is 2.20. The second-order valence-electron chi connectivity index (χ2n) is 5.71. The second-order valence-corrected chi connectivity index (χ2v) is 6.79. The molecule has 0 aliphatic carbocycles. The first-order valence-electron chi connectivity index (χ1n) is 8.01. The van der Waals surface area contributed by atoms with Crippen LogP contribution < -0.4 is 5.32 Å². The lowest BCUT2D eigenvalue weighted by molar-refractivity contribution is -0.174. The van der Waals surface area contributed by atoms with Crippen molar-refractivity contribution in [1.82, 2.24) is 5.32 Å². The van der Waals surface area contributed by atoms with Gasteiger partial charge in [-0.1, -0.05) is 36.0 Å². The van der Waals surface area contributed by atoms with E-state index < -0.39 is 24.7 Å². The van der Waals surface area contributed by atoms with Crippen LogP contribution in [0, 0.1) is 11.3 Å². The quantitative estimate of drug-likeness (QED) is 0.756. The minimum atomic E-state index is -4.40. The zero-order valence-corrected chi connectivity index (χ0v) is 15.2. The van der Waals surface area contributed by atoms with Crippen LogP contribution >= 0.6 is 11.8 Å². The van der Waals surface area contributed by atoms with Crippen LogP contribution in [0.2, 0.25) is 0 Å². The Morgan fingerprint density at radius 2 is 1.81 bits per heavy atom. The molecule has 27 heavy (non-hydrogen) atoms. The first-order chi connectivity index (χ1) is 12.8. The molecule has 0 heterocycles. The van der Waals surface area contributed by atoms with Gasteiger partial charge in [0.1, 0.15) is 12.7 Å². The molecule has 2 aromatic carbocycles. The molecule has 0 saturated heterocycles. The number of carbonyl (C=O) groups excluding carboxylic acids is 1. The molecule has 0 aromatic heterocycles. The number of nitrogens with one attached hydrogen (secondary N) is 1. The van der Waals surface area contributed by atoms with Crippen LogP contribution in [0.25, 0.3) is 0 Å². The average molecular weight is 394 g/mol. The number of alkyl halides is 3. The Labute approximate surface area is 159 Å². The summed E-state index contributed by atoms with van der Waals surface area (Å²) in [5, 5.41) is 11.8. The van der Waals surface area contributed by atoms with E-state index in [9.17, 15) is 23.2 Å². The van der Waals surface area contributed by atoms with E-state index in [4.69, 9.17) is 0 Å². The number of amides is 1. The zero-order valence-electron chi connectivity index (χ0n) is 14.4. The van der Waals surface area contributed by atoms with Gasteiger partial charge in [-0.3, -0.25) is 4.79 Å². The highest BCUT2D eigenvalue weighted by Crippen LogP contribution is 2.32. The molecule has 0 spiro atoms. The molecular weight excluding hydrogens is 377 g/mol. The predicted molar refractivity (Wildman–Crippen MR) is 95.5 cm³/mol. The monoisotopic (exact) mass is 394 g/mol. The summed E-state index contributed by atoms with van der Waals surface area (Å²) in [5.74, 6) is -0.421. The van der Waals surface area contributed by atoms with E-state index in [1.165, 1.54) is 11.8 Å². The molecule has 4 nitrogen and oxygen atoms in total. The van der Waals surface area contributed by atoms with Crippen molar-refractivity contribution in [2.45, 2.75) is 28.9 Å². The molecule has 142 valence electrons. The lowest BCUT2D eigenvalue weighted by Gasteiger charge is -2.16. The average Bonchev–Trinajstić information content (AvgIpc) is 2.61. The summed E-state index contributed by atoms with van der Waals surface area (Å²) < 4.78 is 40.9. The van der Waals surface area contributed by atoms with E-state index in [-0.39, 0.29) is 6.61 Å². The second kappa shape index (κ2) is 9.44. The summed E-state index contributed by atoms with van der Waals surface area (Å²) in [7, 11) is 0. The van der Waals surface area contributed by atoms with Gasteiger partial charge < -0.3 is 10.1 Å². The molecule has 1 amide bonds. The maximum Gasteiger partial charge on any atom is 0.411 e. The number of ether oxygens (including phenoxy) is 1. The van der Waals surface area contributed by atoms with E-state index in [0.29, 0.717) is 20.9 Å². The van der Waals surface area contributed by atoms with Crippen molar-refractivity contribution in [3.63, 3.8) is 0 Å². The summed E-state index contributed by atoms with van der Waals surface area (Å²) in [4.78, 5) is 13.9. The van der Waals surface area contributed by atoms with Crippen molar-refractivity contribution in [1.29, 1.82) is 5.26 Å². The highest BCUT2D eigenvalue weighted by atomic mass is 32.2. The Hall–Kier alpha value is -2.50. The van der Waals surface area contributed by atoms with Gasteiger partial charge >= 0.3 is 6.18 Å². The Morgan fingerprint density at radius 1 is 1.19 bits per heavy atom. The van der Waals surface area contributed by atoms with E-state index in [0.717, 1.165) is 0 Å². The van der Waals surface area contributed by atoms with Crippen LogP contribution in [0.3, 0.4) is 0 Å². The molecule has 1 N–H and O–H groups in total. The third-order valence-corrected chi connectivity index (χ3v) is 4.52. The van der Waals surface area contributed by atoms with Gasteiger partial charge in [0.05, 0.1) is 17.7 Å². The third kappa shape index (κ3) is 6.62. The first-order valence-corrected chi connectivity index (χ1v) is 8.83. The number of halogens is 3. The van der Waals surface area contributed by atoms with Gasteiger partial charge in [0.2, 0.25) is 0 Å². The van der Waals surface area contributed by atoms with Crippen molar-refractivity contribution in [2.24, 2.45) is 0 Å². The Morgan fingerprint density at radius 3 is 2.48 bits per heavy atom. The van der Waals surface area contributed by atoms with E-state index in [2.05, 4.69) is 16.1 Å².